The molecule has 1 unspecified atom stereocenters. The number of anilines is 1. The molecule has 0 spiro atoms. The Labute approximate surface area is 157 Å². The second kappa shape index (κ2) is 7.03. The molecule has 2 heterocycles. The number of nitrogens with zero attached hydrogens (tertiary/aromatic N) is 3. The molecule has 4 aromatic rings. The lowest BCUT2D eigenvalue weighted by Gasteiger charge is -2.15. The minimum Gasteiger partial charge on any atom is -0.306 e. The monoisotopic (exact) mass is 356 g/mol. The number of amides is 1. The summed E-state index contributed by atoms with van der Waals surface area (Å²) < 4.78 is 1.87. The molecule has 1 amide bonds. The summed E-state index contributed by atoms with van der Waals surface area (Å²) in [6.45, 7) is 3.98. The van der Waals surface area contributed by atoms with Crippen molar-refractivity contribution in [3.8, 4) is 0 Å². The Hall–Kier alpha value is -3.47. The third kappa shape index (κ3) is 3.31. The summed E-state index contributed by atoms with van der Waals surface area (Å²) in [6.07, 6.45) is 1.62. The number of nitrogens with one attached hydrogen (secondary N) is 1. The van der Waals surface area contributed by atoms with Gasteiger partial charge in [0, 0.05) is 11.1 Å². The highest BCUT2D eigenvalue weighted by molar-refractivity contribution is 6.04. The van der Waals surface area contributed by atoms with E-state index in [0.29, 0.717) is 11.4 Å². The minimum absolute atomic E-state index is 0.0477. The molecule has 0 saturated carbocycles. The molecule has 0 radical (unpaired) electrons. The summed E-state index contributed by atoms with van der Waals surface area (Å²) in [5.41, 5.74) is 3.37. The lowest BCUT2D eigenvalue weighted by Crippen LogP contribution is -2.15. The van der Waals surface area contributed by atoms with Crippen LogP contribution >= 0.6 is 0 Å². The summed E-state index contributed by atoms with van der Waals surface area (Å²) in [7, 11) is 0. The number of hydrogen-bond acceptors (Lipinski definition) is 3. The van der Waals surface area contributed by atoms with Crippen molar-refractivity contribution < 1.29 is 4.79 Å². The highest BCUT2D eigenvalue weighted by Crippen LogP contribution is 2.21. The fraction of sp³-hybridized carbons (Fsp3) is 0.136. The Kier molecular flexibility index (Phi) is 4.42. The standard InChI is InChI=1S/C22H20N4O/c1-15(17-8-4-3-5-9-17)26-16(2)19(14-23-26)22(27)25-21-13-12-18-10-6-7-11-20(18)24-21/h3-15H,1-2H3,(H,24,25,27). The smallest absolute Gasteiger partial charge is 0.260 e. The molecule has 0 saturated heterocycles. The number of hydrogen-bond donors (Lipinski definition) is 1. The summed E-state index contributed by atoms with van der Waals surface area (Å²) in [6, 6.07) is 21.7. The fourth-order valence-corrected chi connectivity index (χ4v) is 3.23. The van der Waals surface area contributed by atoms with E-state index < -0.39 is 0 Å². The largest absolute Gasteiger partial charge is 0.306 e. The van der Waals surface area contributed by atoms with Crippen molar-refractivity contribution >= 4 is 22.6 Å². The molecule has 2 aromatic heterocycles. The average Bonchev–Trinajstić information content (AvgIpc) is 3.09. The Morgan fingerprint density at radius 3 is 2.56 bits per heavy atom. The van der Waals surface area contributed by atoms with Crippen molar-refractivity contribution in [1.29, 1.82) is 0 Å². The van der Waals surface area contributed by atoms with Gasteiger partial charge in [-0.15, -0.1) is 0 Å². The van der Waals surface area contributed by atoms with Crippen LogP contribution in [0.5, 0.6) is 0 Å². The Morgan fingerprint density at radius 1 is 1.00 bits per heavy atom. The zero-order chi connectivity index (χ0) is 18.8. The molecule has 5 nitrogen and oxygen atoms in total. The highest BCUT2D eigenvalue weighted by Gasteiger charge is 2.18. The first-order valence-corrected chi connectivity index (χ1v) is 8.89. The molecular formula is C22H20N4O. The molecule has 0 fully saturated rings. The minimum atomic E-state index is -0.207. The van der Waals surface area contributed by atoms with Gasteiger partial charge in [-0.1, -0.05) is 48.5 Å². The maximum Gasteiger partial charge on any atom is 0.260 e. The Bertz CT molecular complexity index is 1100. The van der Waals surface area contributed by atoms with Crippen molar-refractivity contribution in [2.45, 2.75) is 19.9 Å². The van der Waals surface area contributed by atoms with E-state index in [9.17, 15) is 4.79 Å². The first kappa shape index (κ1) is 17.0. The van der Waals surface area contributed by atoms with Gasteiger partial charge in [-0.2, -0.15) is 5.10 Å². The molecule has 0 aliphatic heterocycles. The number of carbonyl (C=O) groups excluding carboxylic acids is 1. The third-order valence-corrected chi connectivity index (χ3v) is 4.78. The summed E-state index contributed by atoms with van der Waals surface area (Å²) in [4.78, 5) is 17.2. The van der Waals surface area contributed by atoms with E-state index in [4.69, 9.17) is 0 Å². The van der Waals surface area contributed by atoms with Crippen molar-refractivity contribution in [3.05, 3.63) is 89.7 Å². The van der Waals surface area contributed by atoms with Gasteiger partial charge in [-0.25, -0.2) is 4.98 Å². The SMILES string of the molecule is Cc1c(C(=O)Nc2ccc3ccccc3n2)cnn1C(C)c1ccccc1. The van der Waals surface area contributed by atoms with Crippen LogP contribution in [0, 0.1) is 6.92 Å². The number of benzene rings is 2. The van der Waals surface area contributed by atoms with Crippen LogP contribution in [0.4, 0.5) is 5.82 Å². The van der Waals surface area contributed by atoms with Crippen LogP contribution in [0.3, 0.4) is 0 Å². The topological polar surface area (TPSA) is 59.8 Å². The van der Waals surface area contributed by atoms with Gasteiger partial charge in [0.2, 0.25) is 0 Å². The number of para-hydroxylation sites is 1. The molecule has 4 rings (SSSR count). The normalized spacial score (nSPS) is 12.1. The lowest BCUT2D eigenvalue weighted by molar-refractivity contribution is 0.102. The number of pyridine rings is 1. The predicted octanol–water partition coefficient (Wildman–Crippen LogP) is 4.60. The predicted molar refractivity (Wildman–Crippen MR) is 107 cm³/mol. The first-order valence-electron chi connectivity index (χ1n) is 8.89. The molecule has 0 aliphatic rings. The second-order valence-corrected chi connectivity index (χ2v) is 6.52. The summed E-state index contributed by atoms with van der Waals surface area (Å²) in [5.74, 6) is 0.323. The van der Waals surface area contributed by atoms with E-state index in [2.05, 4.69) is 34.5 Å². The van der Waals surface area contributed by atoms with E-state index >= 15 is 0 Å². The molecule has 0 bridgehead atoms. The van der Waals surface area contributed by atoms with Crippen LogP contribution in [0.2, 0.25) is 0 Å². The van der Waals surface area contributed by atoms with Crippen molar-refractivity contribution in [3.63, 3.8) is 0 Å². The van der Waals surface area contributed by atoms with Crippen molar-refractivity contribution in [1.82, 2.24) is 14.8 Å². The van der Waals surface area contributed by atoms with Gasteiger partial charge in [0.15, 0.2) is 0 Å². The first-order chi connectivity index (χ1) is 13.1. The van der Waals surface area contributed by atoms with Crippen LogP contribution in [-0.4, -0.2) is 20.7 Å². The molecule has 1 atom stereocenters. The number of aromatic nitrogens is 3. The average molecular weight is 356 g/mol. The Morgan fingerprint density at radius 2 is 1.74 bits per heavy atom. The van der Waals surface area contributed by atoms with Crippen LogP contribution in [0.25, 0.3) is 10.9 Å². The summed E-state index contributed by atoms with van der Waals surface area (Å²) in [5, 5.41) is 8.36. The molecule has 27 heavy (non-hydrogen) atoms. The quantitative estimate of drug-likeness (QED) is 0.581. The zero-order valence-corrected chi connectivity index (χ0v) is 15.3. The molecule has 2 aromatic carbocycles. The van der Waals surface area contributed by atoms with E-state index in [1.807, 2.05) is 66.2 Å². The van der Waals surface area contributed by atoms with Gasteiger partial charge in [0.1, 0.15) is 5.82 Å². The second-order valence-electron chi connectivity index (χ2n) is 6.52. The van der Waals surface area contributed by atoms with Gasteiger partial charge in [-0.3, -0.25) is 9.48 Å². The molecule has 5 heteroatoms. The van der Waals surface area contributed by atoms with Gasteiger partial charge in [0.25, 0.3) is 5.91 Å². The molecule has 1 N–H and O–H groups in total. The van der Waals surface area contributed by atoms with Gasteiger partial charge in [-0.05, 0) is 37.6 Å². The fourth-order valence-electron chi connectivity index (χ4n) is 3.23. The maximum absolute atomic E-state index is 12.7. The van der Waals surface area contributed by atoms with Crippen molar-refractivity contribution in [2.75, 3.05) is 5.32 Å². The van der Waals surface area contributed by atoms with E-state index in [1.54, 1.807) is 6.20 Å². The van der Waals surface area contributed by atoms with E-state index in [0.717, 1.165) is 22.2 Å². The van der Waals surface area contributed by atoms with Crippen LogP contribution < -0.4 is 5.32 Å². The number of carbonyl (C=O) groups is 1. The molecule has 134 valence electrons. The van der Waals surface area contributed by atoms with Crippen LogP contribution in [0.1, 0.15) is 34.6 Å². The lowest BCUT2D eigenvalue weighted by atomic mass is 10.1. The van der Waals surface area contributed by atoms with Crippen LogP contribution in [-0.2, 0) is 0 Å². The van der Waals surface area contributed by atoms with Gasteiger partial charge >= 0.3 is 0 Å². The summed E-state index contributed by atoms with van der Waals surface area (Å²) >= 11 is 0. The number of fused-ring (bicyclic) bond motifs is 1. The maximum atomic E-state index is 12.7. The zero-order valence-electron chi connectivity index (χ0n) is 15.3. The third-order valence-electron chi connectivity index (χ3n) is 4.78. The number of rotatable bonds is 4. The van der Waals surface area contributed by atoms with E-state index in [-0.39, 0.29) is 11.9 Å². The molecule has 0 aliphatic carbocycles. The van der Waals surface area contributed by atoms with Crippen LogP contribution in [0.15, 0.2) is 72.9 Å². The molecular weight excluding hydrogens is 336 g/mol. The van der Waals surface area contributed by atoms with E-state index in [1.165, 1.54) is 0 Å². The van der Waals surface area contributed by atoms with Gasteiger partial charge < -0.3 is 5.32 Å². The van der Waals surface area contributed by atoms with Gasteiger partial charge in [0.05, 0.1) is 23.3 Å². The van der Waals surface area contributed by atoms with Crippen molar-refractivity contribution in [2.24, 2.45) is 0 Å². The highest BCUT2D eigenvalue weighted by atomic mass is 16.1. The Balaban J connectivity index is 1.58.